The van der Waals surface area contributed by atoms with Crippen LogP contribution in [-0.4, -0.2) is 46.6 Å². The molecule has 1 saturated carbocycles. The van der Waals surface area contributed by atoms with Gasteiger partial charge in [-0.2, -0.15) is 0 Å². The van der Waals surface area contributed by atoms with E-state index in [1.807, 2.05) is 23.9 Å². The number of anilines is 2. The highest BCUT2D eigenvalue weighted by Gasteiger charge is 2.56. The first-order valence-electron chi connectivity index (χ1n) is 14.2. The fourth-order valence-corrected chi connectivity index (χ4v) is 5.93. The molecule has 3 aromatic heterocycles. The number of thiophene rings is 1. The van der Waals surface area contributed by atoms with Crippen molar-refractivity contribution in [3.63, 3.8) is 0 Å². The van der Waals surface area contributed by atoms with E-state index in [0.717, 1.165) is 33.7 Å². The number of methoxy groups -OCH3 is 1. The Labute approximate surface area is 261 Å². The number of benzene rings is 2. The van der Waals surface area contributed by atoms with Crippen LogP contribution in [0.1, 0.15) is 18.5 Å². The van der Waals surface area contributed by atoms with E-state index >= 15 is 4.39 Å². The third-order valence-corrected chi connectivity index (χ3v) is 8.74. The van der Waals surface area contributed by atoms with E-state index < -0.39 is 28.9 Å². The van der Waals surface area contributed by atoms with Crippen molar-refractivity contribution in [3.8, 4) is 22.2 Å². The van der Waals surface area contributed by atoms with Gasteiger partial charge in [-0.1, -0.05) is 0 Å². The van der Waals surface area contributed by atoms with Crippen LogP contribution < -0.4 is 20.7 Å². The first-order valence-corrected chi connectivity index (χ1v) is 15.0. The van der Waals surface area contributed by atoms with Gasteiger partial charge in [0.05, 0.1) is 33.6 Å². The molecule has 13 heteroatoms. The van der Waals surface area contributed by atoms with E-state index in [-0.39, 0.29) is 11.4 Å². The summed E-state index contributed by atoms with van der Waals surface area (Å²) < 4.78 is 42.2. The summed E-state index contributed by atoms with van der Waals surface area (Å²) in [6.45, 7) is 1.99. The molecule has 2 aromatic carbocycles. The summed E-state index contributed by atoms with van der Waals surface area (Å²) >= 11 is 1.44. The molecule has 2 amide bonds. The third-order valence-electron chi connectivity index (χ3n) is 7.60. The molecule has 1 aliphatic carbocycles. The van der Waals surface area contributed by atoms with Crippen LogP contribution >= 0.6 is 11.3 Å². The summed E-state index contributed by atoms with van der Waals surface area (Å²) in [5.41, 5.74) is 0.998. The van der Waals surface area contributed by atoms with E-state index in [1.165, 1.54) is 47.7 Å². The molecule has 0 bridgehead atoms. The zero-order valence-electron chi connectivity index (χ0n) is 24.5. The van der Waals surface area contributed by atoms with Crippen LogP contribution in [0.15, 0.2) is 67.0 Å². The van der Waals surface area contributed by atoms with Crippen LogP contribution in [0.2, 0.25) is 0 Å². The molecular formula is C32H30F2N6O4S. The van der Waals surface area contributed by atoms with Crippen molar-refractivity contribution in [3.05, 3.63) is 84.3 Å². The summed E-state index contributed by atoms with van der Waals surface area (Å²) in [5.74, 6) is -0.992. The van der Waals surface area contributed by atoms with Crippen molar-refractivity contribution in [2.75, 3.05) is 30.9 Å². The lowest BCUT2D eigenvalue weighted by molar-refractivity contribution is -0.131. The Kier molecular flexibility index (Phi) is 8.57. The van der Waals surface area contributed by atoms with Crippen molar-refractivity contribution in [2.24, 2.45) is 12.5 Å². The predicted molar refractivity (Wildman–Crippen MR) is 167 cm³/mol. The maximum absolute atomic E-state index is 15.2. The van der Waals surface area contributed by atoms with Gasteiger partial charge in [-0.25, -0.2) is 13.8 Å². The summed E-state index contributed by atoms with van der Waals surface area (Å²) in [6, 6.07) is 12.9. The highest BCUT2D eigenvalue weighted by atomic mass is 32.1. The van der Waals surface area contributed by atoms with Crippen LogP contribution in [0.25, 0.3) is 20.9 Å². The highest BCUT2D eigenvalue weighted by Crippen LogP contribution is 2.48. The number of halogens is 2. The molecule has 3 N–H and O–H groups in total. The molecule has 0 unspecified atom stereocenters. The first kappa shape index (κ1) is 30.3. The molecule has 10 nitrogen and oxygen atoms in total. The third kappa shape index (κ3) is 6.41. The van der Waals surface area contributed by atoms with Gasteiger partial charge in [-0.3, -0.25) is 14.6 Å². The van der Waals surface area contributed by atoms with Gasteiger partial charge >= 0.3 is 0 Å². The summed E-state index contributed by atoms with van der Waals surface area (Å²) in [7, 11) is 3.61. The topological polar surface area (TPSA) is 119 Å². The molecule has 0 spiro atoms. The molecule has 1 aliphatic rings. The summed E-state index contributed by atoms with van der Waals surface area (Å²) in [6.07, 6.45) is 4.11. The largest absolute Gasteiger partial charge is 0.453 e. The average Bonchev–Trinajstić information content (AvgIpc) is 3.61. The number of carbonyl (C=O) groups is 2. The van der Waals surface area contributed by atoms with Crippen molar-refractivity contribution in [2.45, 2.75) is 19.4 Å². The Morgan fingerprint density at radius 3 is 2.42 bits per heavy atom. The lowest BCUT2D eigenvalue weighted by Crippen LogP contribution is -2.35. The predicted octanol–water partition coefficient (Wildman–Crippen LogP) is 5.86. The Bertz CT molecular complexity index is 1870. The van der Waals surface area contributed by atoms with E-state index in [0.29, 0.717) is 42.9 Å². The smallest absolute Gasteiger partial charge is 0.240 e. The van der Waals surface area contributed by atoms with Gasteiger partial charge < -0.3 is 30.0 Å². The van der Waals surface area contributed by atoms with Crippen molar-refractivity contribution in [1.29, 1.82) is 0 Å². The van der Waals surface area contributed by atoms with Crippen molar-refractivity contribution < 1.29 is 27.8 Å². The van der Waals surface area contributed by atoms with Crippen LogP contribution in [-0.2, 0) is 27.9 Å². The number of imidazole rings is 1. The van der Waals surface area contributed by atoms with E-state index in [4.69, 9.17) is 9.47 Å². The fraction of sp³-hybridized carbons (Fsp3) is 0.250. The minimum absolute atomic E-state index is 0.0351. The zero-order valence-corrected chi connectivity index (χ0v) is 25.3. The molecule has 1 fully saturated rings. The van der Waals surface area contributed by atoms with Crippen LogP contribution in [0.4, 0.5) is 20.2 Å². The number of carbonyl (C=O) groups excluding carboxylic acids is 2. The second-order valence-electron chi connectivity index (χ2n) is 10.7. The highest BCUT2D eigenvalue weighted by molar-refractivity contribution is 7.22. The quantitative estimate of drug-likeness (QED) is 0.116. The van der Waals surface area contributed by atoms with Gasteiger partial charge in [0.1, 0.15) is 22.8 Å². The second-order valence-corrected chi connectivity index (χ2v) is 11.7. The molecule has 0 radical (unpaired) electrons. The van der Waals surface area contributed by atoms with Crippen LogP contribution in [0, 0.1) is 17.0 Å². The molecule has 0 saturated heterocycles. The maximum atomic E-state index is 15.2. The SMILES string of the molecule is COCCNCc1cnc(-c2cc3nccc(Oc4ccc(NC(=O)C5(C(=O)Nc6ccc(F)cc6)CC5)cc4F)c3s2)n1C. The Morgan fingerprint density at radius 1 is 0.978 bits per heavy atom. The summed E-state index contributed by atoms with van der Waals surface area (Å²) in [4.78, 5) is 35.8. The number of nitrogens with one attached hydrogen (secondary N) is 3. The van der Waals surface area contributed by atoms with Gasteiger partial charge in [0, 0.05) is 57.0 Å². The molecule has 5 aromatic rings. The first-order chi connectivity index (χ1) is 21.8. The second kappa shape index (κ2) is 12.7. The normalized spacial score (nSPS) is 13.5. The molecule has 45 heavy (non-hydrogen) atoms. The molecule has 0 atom stereocenters. The van der Waals surface area contributed by atoms with Crippen LogP contribution in [0.5, 0.6) is 11.5 Å². The molecular weight excluding hydrogens is 602 g/mol. The number of hydrogen-bond donors (Lipinski definition) is 3. The number of rotatable bonds is 12. The number of aromatic nitrogens is 3. The van der Waals surface area contributed by atoms with Gasteiger partial charge in [0.15, 0.2) is 11.6 Å². The number of nitrogens with zero attached hydrogens (tertiary/aromatic N) is 3. The lowest BCUT2D eigenvalue weighted by Gasteiger charge is -2.16. The Balaban J connectivity index is 1.14. The van der Waals surface area contributed by atoms with E-state index in [2.05, 4.69) is 25.9 Å². The van der Waals surface area contributed by atoms with Gasteiger partial charge in [0.2, 0.25) is 11.8 Å². The monoisotopic (exact) mass is 632 g/mol. The number of hydrogen-bond acceptors (Lipinski definition) is 8. The molecule has 0 aliphatic heterocycles. The number of fused-ring (bicyclic) bond motifs is 1. The summed E-state index contributed by atoms with van der Waals surface area (Å²) in [5, 5.41) is 8.61. The number of pyridine rings is 1. The Hall–Kier alpha value is -4.72. The molecule has 3 heterocycles. The van der Waals surface area contributed by atoms with Gasteiger partial charge in [-0.05, 0) is 55.3 Å². The lowest BCUT2D eigenvalue weighted by atomic mass is 10.0. The minimum Gasteiger partial charge on any atom is -0.453 e. The Morgan fingerprint density at radius 2 is 1.71 bits per heavy atom. The van der Waals surface area contributed by atoms with Crippen molar-refractivity contribution >= 4 is 44.7 Å². The number of ether oxygens (including phenoxy) is 2. The molecule has 232 valence electrons. The maximum Gasteiger partial charge on any atom is 0.240 e. The average molecular weight is 633 g/mol. The van der Waals surface area contributed by atoms with Gasteiger partial charge in [-0.15, -0.1) is 11.3 Å². The molecule has 6 rings (SSSR count). The van der Waals surface area contributed by atoms with E-state index in [1.54, 1.807) is 19.4 Å². The number of amides is 2. The fourth-order valence-electron chi connectivity index (χ4n) is 4.83. The van der Waals surface area contributed by atoms with Crippen molar-refractivity contribution in [1.82, 2.24) is 19.9 Å². The van der Waals surface area contributed by atoms with E-state index in [9.17, 15) is 14.0 Å². The minimum atomic E-state index is -1.27. The zero-order chi connectivity index (χ0) is 31.6. The van der Waals surface area contributed by atoms with Gasteiger partial charge in [0.25, 0.3) is 0 Å². The standard InChI is InChI=1S/C32H30F2N6O4S/c1-40-22(17-35-13-14-43-2)18-37-29(40)27-16-24-28(45-27)26(9-12-36-24)44-25-8-7-21(15-23(25)34)39-31(42)32(10-11-32)30(41)38-20-5-3-19(33)4-6-20/h3-9,12,15-16,18,35H,10-11,13-14,17H2,1-2H3,(H,38,41)(H,39,42). The van der Waals surface area contributed by atoms with Crippen LogP contribution in [0.3, 0.4) is 0 Å².